The molecule has 0 fully saturated rings. The van der Waals surface area contributed by atoms with Crippen molar-refractivity contribution >= 4 is 46.3 Å². The van der Waals surface area contributed by atoms with Crippen LogP contribution in [0.5, 0.6) is 0 Å². The molecule has 114 valence electrons. The van der Waals surface area contributed by atoms with Gasteiger partial charge in [-0.25, -0.2) is 4.79 Å². The van der Waals surface area contributed by atoms with Gasteiger partial charge in [0.25, 0.3) is 0 Å². The Labute approximate surface area is 139 Å². The van der Waals surface area contributed by atoms with Gasteiger partial charge in [0, 0.05) is 16.4 Å². The second-order valence-electron chi connectivity index (χ2n) is 4.61. The van der Waals surface area contributed by atoms with Gasteiger partial charge in [0.15, 0.2) is 5.11 Å². The molecule has 0 radical (unpaired) electrons. The van der Waals surface area contributed by atoms with Crippen LogP contribution in [0.4, 0.5) is 11.4 Å². The third-order valence-corrected chi connectivity index (χ3v) is 3.42. The molecule has 0 spiro atoms. The maximum Gasteiger partial charge on any atom is 0.337 e. The molecule has 0 amide bonds. The van der Waals surface area contributed by atoms with Gasteiger partial charge in [-0.05, 0) is 61.1 Å². The summed E-state index contributed by atoms with van der Waals surface area (Å²) in [5, 5.41) is 7.22. The van der Waals surface area contributed by atoms with E-state index in [0.29, 0.717) is 21.4 Å². The molecule has 4 nitrogen and oxygen atoms in total. The molecule has 0 aliphatic rings. The fourth-order valence-corrected chi connectivity index (χ4v) is 2.35. The van der Waals surface area contributed by atoms with Gasteiger partial charge in [0.05, 0.1) is 12.7 Å². The largest absolute Gasteiger partial charge is 0.465 e. The minimum Gasteiger partial charge on any atom is -0.465 e. The average molecular weight is 335 g/mol. The molecule has 6 heteroatoms. The lowest BCUT2D eigenvalue weighted by Crippen LogP contribution is -2.19. The summed E-state index contributed by atoms with van der Waals surface area (Å²) in [5.41, 5.74) is 3.01. The monoisotopic (exact) mass is 334 g/mol. The summed E-state index contributed by atoms with van der Waals surface area (Å²) in [4.78, 5) is 11.5. The summed E-state index contributed by atoms with van der Waals surface area (Å²) >= 11 is 11.2. The molecule has 2 aromatic carbocycles. The predicted octanol–water partition coefficient (Wildman–Crippen LogP) is 4.24. The van der Waals surface area contributed by atoms with E-state index in [4.69, 9.17) is 28.6 Å². The molecule has 2 N–H and O–H groups in total. The fraction of sp³-hybridized carbons (Fsp3) is 0.125. The lowest BCUT2D eigenvalue weighted by Gasteiger charge is -2.13. The van der Waals surface area contributed by atoms with Crippen molar-refractivity contribution in [3.05, 3.63) is 58.6 Å². The quantitative estimate of drug-likeness (QED) is 0.649. The number of halogens is 1. The Morgan fingerprint density at radius 3 is 2.64 bits per heavy atom. The number of carbonyl (C=O) groups excluding carboxylic acids is 1. The van der Waals surface area contributed by atoms with E-state index in [9.17, 15) is 4.79 Å². The van der Waals surface area contributed by atoms with Crippen molar-refractivity contribution in [2.45, 2.75) is 6.92 Å². The van der Waals surface area contributed by atoms with E-state index in [1.807, 2.05) is 25.1 Å². The third-order valence-electron chi connectivity index (χ3n) is 2.98. The van der Waals surface area contributed by atoms with E-state index in [2.05, 4.69) is 10.6 Å². The smallest absolute Gasteiger partial charge is 0.337 e. The number of thiocarbonyl (C=S) groups is 1. The van der Waals surface area contributed by atoms with Crippen LogP contribution in [0.1, 0.15) is 15.9 Å². The number of nitrogens with one attached hydrogen (secondary N) is 2. The second kappa shape index (κ2) is 7.24. The van der Waals surface area contributed by atoms with Gasteiger partial charge in [0.1, 0.15) is 0 Å². The minimum atomic E-state index is -0.393. The Morgan fingerprint density at radius 2 is 1.95 bits per heavy atom. The van der Waals surface area contributed by atoms with E-state index in [1.165, 1.54) is 7.11 Å². The number of rotatable bonds is 3. The Hall–Kier alpha value is -2.11. The summed E-state index contributed by atoms with van der Waals surface area (Å²) < 4.78 is 4.69. The minimum absolute atomic E-state index is 0.393. The Morgan fingerprint density at radius 1 is 1.18 bits per heavy atom. The molecule has 0 aromatic heterocycles. The van der Waals surface area contributed by atoms with E-state index < -0.39 is 5.97 Å². The zero-order valence-electron chi connectivity index (χ0n) is 12.1. The van der Waals surface area contributed by atoms with Crippen molar-refractivity contribution in [1.82, 2.24) is 0 Å². The summed E-state index contributed by atoms with van der Waals surface area (Å²) in [5.74, 6) is -0.393. The number of hydrogen-bond donors (Lipinski definition) is 2. The van der Waals surface area contributed by atoms with Crippen molar-refractivity contribution in [3.63, 3.8) is 0 Å². The number of hydrogen-bond acceptors (Lipinski definition) is 3. The van der Waals surface area contributed by atoms with Crippen LogP contribution >= 0.6 is 23.8 Å². The number of carbonyl (C=O) groups is 1. The molecule has 0 saturated heterocycles. The number of anilines is 2. The van der Waals surface area contributed by atoms with Crippen LogP contribution in [0, 0.1) is 6.92 Å². The van der Waals surface area contributed by atoms with Gasteiger partial charge in [-0.3, -0.25) is 0 Å². The topological polar surface area (TPSA) is 50.4 Å². The lowest BCUT2D eigenvalue weighted by molar-refractivity contribution is 0.0601. The lowest BCUT2D eigenvalue weighted by atomic mass is 10.2. The maximum atomic E-state index is 11.5. The molecule has 0 bridgehead atoms. The highest BCUT2D eigenvalue weighted by Crippen LogP contribution is 2.20. The van der Waals surface area contributed by atoms with E-state index in [1.54, 1.807) is 24.3 Å². The van der Waals surface area contributed by atoms with Crippen LogP contribution in [-0.4, -0.2) is 18.2 Å². The first kappa shape index (κ1) is 16.3. The molecule has 2 rings (SSSR count). The molecule has 2 aromatic rings. The van der Waals surface area contributed by atoms with Crippen molar-refractivity contribution in [1.29, 1.82) is 0 Å². The molecular formula is C16H15ClN2O2S. The molecule has 0 atom stereocenters. The van der Waals surface area contributed by atoms with Crippen LogP contribution in [0.25, 0.3) is 0 Å². The Balaban J connectivity index is 2.07. The van der Waals surface area contributed by atoms with Crippen molar-refractivity contribution in [2.75, 3.05) is 17.7 Å². The van der Waals surface area contributed by atoms with E-state index in [0.717, 1.165) is 11.3 Å². The van der Waals surface area contributed by atoms with E-state index in [-0.39, 0.29) is 0 Å². The SMILES string of the molecule is COC(=O)c1cccc(NC(=S)Nc2ccc(Cl)cc2C)c1. The Bertz CT molecular complexity index is 719. The number of methoxy groups -OCH3 is 1. The maximum absolute atomic E-state index is 11.5. The van der Waals surface area contributed by atoms with Crippen molar-refractivity contribution < 1.29 is 9.53 Å². The summed E-state index contributed by atoms with van der Waals surface area (Å²) in [6.45, 7) is 1.94. The van der Waals surface area contributed by atoms with Gasteiger partial charge in [-0.2, -0.15) is 0 Å². The van der Waals surface area contributed by atoms with Gasteiger partial charge >= 0.3 is 5.97 Å². The first-order valence-corrected chi connectivity index (χ1v) is 7.31. The molecule has 22 heavy (non-hydrogen) atoms. The third kappa shape index (κ3) is 4.19. The zero-order chi connectivity index (χ0) is 16.1. The Kier molecular flexibility index (Phi) is 5.35. The molecule has 0 unspecified atom stereocenters. The van der Waals surface area contributed by atoms with Crippen LogP contribution < -0.4 is 10.6 Å². The van der Waals surface area contributed by atoms with Crippen molar-refractivity contribution in [3.8, 4) is 0 Å². The standard InChI is InChI=1S/C16H15ClN2O2S/c1-10-8-12(17)6-7-14(10)19-16(22)18-13-5-3-4-11(9-13)15(20)21-2/h3-9H,1-2H3,(H2,18,19,22). The predicted molar refractivity (Wildman–Crippen MR) is 93.8 cm³/mol. The number of ether oxygens (including phenoxy) is 1. The second-order valence-corrected chi connectivity index (χ2v) is 5.46. The molecule has 0 aliphatic heterocycles. The van der Waals surface area contributed by atoms with E-state index >= 15 is 0 Å². The zero-order valence-corrected chi connectivity index (χ0v) is 13.7. The highest BCUT2D eigenvalue weighted by Gasteiger charge is 2.07. The molecule has 0 aliphatic carbocycles. The normalized spacial score (nSPS) is 9.95. The van der Waals surface area contributed by atoms with Gasteiger partial charge in [-0.1, -0.05) is 17.7 Å². The van der Waals surface area contributed by atoms with Gasteiger partial charge < -0.3 is 15.4 Å². The van der Waals surface area contributed by atoms with Crippen molar-refractivity contribution in [2.24, 2.45) is 0 Å². The first-order valence-electron chi connectivity index (χ1n) is 6.52. The average Bonchev–Trinajstić information content (AvgIpc) is 2.49. The summed E-state index contributed by atoms with van der Waals surface area (Å²) in [6.07, 6.45) is 0. The number of esters is 1. The summed E-state index contributed by atoms with van der Waals surface area (Å²) in [6, 6.07) is 12.4. The summed E-state index contributed by atoms with van der Waals surface area (Å²) in [7, 11) is 1.35. The molecule has 0 heterocycles. The first-order chi connectivity index (χ1) is 10.5. The number of aryl methyl sites for hydroxylation is 1. The van der Waals surface area contributed by atoms with Crippen LogP contribution in [-0.2, 0) is 4.74 Å². The van der Waals surface area contributed by atoms with Gasteiger partial charge in [0.2, 0.25) is 0 Å². The number of benzene rings is 2. The van der Waals surface area contributed by atoms with Gasteiger partial charge in [-0.15, -0.1) is 0 Å². The molecular weight excluding hydrogens is 320 g/mol. The van der Waals surface area contributed by atoms with Crippen LogP contribution in [0.15, 0.2) is 42.5 Å². The van der Waals surface area contributed by atoms with Crippen LogP contribution in [0.3, 0.4) is 0 Å². The molecule has 0 saturated carbocycles. The highest BCUT2D eigenvalue weighted by atomic mass is 35.5. The fourth-order valence-electron chi connectivity index (χ4n) is 1.89. The van der Waals surface area contributed by atoms with Crippen LogP contribution in [0.2, 0.25) is 5.02 Å². The highest BCUT2D eigenvalue weighted by molar-refractivity contribution is 7.80.